The molecule has 7 heteroatoms. The normalized spacial score (nSPS) is 28.4. The molecule has 0 aliphatic carbocycles. The molecule has 2 fully saturated rings. The van der Waals surface area contributed by atoms with Gasteiger partial charge in [-0.2, -0.15) is 4.31 Å². The molecule has 2 bridgehead atoms. The van der Waals surface area contributed by atoms with Gasteiger partial charge in [0.15, 0.2) is 0 Å². The van der Waals surface area contributed by atoms with Crippen LogP contribution in [0.3, 0.4) is 0 Å². The van der Waals surface area contributed by atoms with Gasteiger partial charge in [-0.15, -0.1) is 0 Å². The monoisotopic (exact) mass is 269 g/mol. The molecule has 0 amide bonds. The Morgan fingerprint density at radius 1 is 1.33 bits per heavy atom. The van der Waals surface area contributed by atoms with Crippen LogP contribution in [0.15, 0.2) is 23.2 Å². The van der Waals surface area contributed by atoms with Crippen LogP contribution in [0.25, 0.3) is 0 Å². The number of pyridine rings is 1. The third kappa shape index (κ3) is 1.88. The zero-order valence-electron chi connectivity index (χ0n) is 9.82. The van der Waals surface area contributed by atoms with Gasteiger partial charge in [-0.3, -0.25) is 0 Å². The quantitative estimate of drug-likeness (QED) is 0.830. The summed E-state index contributed by atoms with van der Waals surface area (Å²) >= 11 is 0. The van der Waals surface area contributed by atoms with E-state index in [-0.39, 0.29) is 22.9 Å². The SMILES string of the molecule is Nc1ncccc1S(=O)(=O)N1CC2CCC(C1)O2. The summed E-state index contributed by atoms with van der Waals surface area (Å²) in [6.45, 7) is 0.820. The fourth-order valence-corrected chi connectivity index (χ4v) is 4.10. The van der Waals surface area contributed by atoms with Crippen molar-refractivity contribution in [3.63, 3.8) is 0 Å². The van der Waals surface area contributed by atoms with Crippen molar-refractivity contribution in [3.8, 4) is 0 Å². The first-order valence-corrected chi connectivity index (χ1v) is 7.37. The second-order valence-corrected chi connectivity index (χ2v) is 6.57. The summed E-state index contributed by atoms with van der Waals surface area (Å²) in [5.74, 6) is 0.0522. The highest BCUT2D eigenvalue weighted by molar-refractivity contribution is 7.89. The first kappa shape index (κ1) is 11.9. The molecule has 2 unspecified atom stereocenters. The van der Waals surface area contributed by atoms with Crippen LogP contribution in [0.1, 0.15) is 12.8 Å². The minimum absolute atomic E-state index is 0.0245. The van der Waals surface area contributed by atoms with Gasteiger partial charge in [0.05, 0.1) is 12.2 Å². The fraction of sp³-hybridized carbons (Fsp3) is 0.545. The summed E-state index contributed by atoms with van der Waals surface area (Å²) in [5, 5.41) is 0. The molecule has 3 rings (SSSR count). The van der Waals surface area contributed by atoms with Gasteiger partial charge >= 0.3 is 0 Å². The summed E-state index contributed by atoms with van der Waals surface area (Å²) in [6.07, 6.45) is 3.39. The van der Waals surface area contributed by atoms with E-state index in [0.29, 0.717) is 13.1 Å². The number of hydrogen-bond donors (Lipinski definition) is 1. The average molecular weight is 269 g/mol. The summed E-state index contributed by atoms with van der Waals surface area (Å²) < 4.78 is 32.1. The molecule has 6 nitrogen and oxygen atoms in total. The van der Waals surface area contributed by atoms with Crippen LogP contribution in [-0.2, 0) is 14.8 Å². The lowest BCUT2D eigenvalue weighted by Crippen LogP contribution is -2.45. The topological polar surface area (TPSA) is 85.5 Å². The Morgan fingerprint density at radius 3 is 2.61 bits per heavy atom. The van der Waals surface area contributed by atoms with E-state index in [2.05, 4.69) is 4.98 Å². The van der Waals surface area contributed by atoms with E-state index in [1.165, 1.54) is 16.6 Å². The maximum atomic E-state index is 12.5. The van der Waals surface area contributed by atoms with E-state index in [9.17, 15) is 8.42 Å². The molecular weight excluding hydrogens is 254 g/mol. The van der Waals surface area contributed by atoms with E-state index < -0.39 is 10.0 Å². The maximum absolute atomic E-state index is 12.5. The van der Waals surface area contributed by atoms with Gasteiger partial charge in [0.1, 0.15) is 10.7 Å². The Morgan fingerprint density at radius 2 is 2.00 bits per heavy atom. The molecule has 0 aromatic carbocycles. The highest BCUT2D eigenvalue weighted by atomic mass is 32.2. The molecule has 0 spiro atoms. The lowest BCUT2D eigenvalue weighted by Gasteiger charge is -2.31. The highest BCUT2D eigenvalue weighted by Gasteiger charge is 2.39. The first-order chi connectivity index (χ1) is 8.57. The van der Waals surface area contributed by atoms with Crippen LogP contribution in [0.5, 0.6) is 0 Å². The second kappa shape index (κ2) is 4.18. The van der Waals surface area contributed by atoms with Crippen molar-refractivity contribution < 1.29 is 13.2 Å². The predicted octanol–water partition coefficient (Wildman–Crippen LogP) is 0.216. The molecule has 3 heterocycles. The third-order valence-corrected chi connectivity index (χ3v) is 5.31. The molecule has 2 saturated heterocycles. The number of nitrogens with two attached hydrogens (primary N) is 1. The molecule has 2 aliphatic heterocycles. The molecule has 98 valence electrons. The fourth-order valence-electron chi connectivity index (χ4n) is 2.53. The smallest absolute Gasteiger partial charge is 0.246 e. The van der Waals surface area contributed by atoms with Crippen LogP contribution in [0.4, 0.5) is 5.82 Å². The van der Waals surface area contributed by atoms with E-state index in [1.807, 2.05) is 0 Å². The Kier molecular flexibility index (Phi) is 2.76. The van der Waals surface area contributed by atoms with Crippen molar-refractivity contribution in [2.24, 2.45) is 0 Å². The van der Waals surface area contributed by atoms with E-state index >= 15 is 0 Å². The van der Waals surface area contributed by atoms with Crippen molar-refractivity contribution in [2.45, 2.75) is 29.9 Å². The second-order valence-electron chi connectivity index (χ2n) is 4.67. The molecule has 1 aromatic rings. The summed E-state index contributed by atoms with van der Waals surface area (Å²) in [6, 6.07) is 3.08. The van der Waals surface area contributed by atoms with Crippen molar-refractivity contribution in [3.05, 3.63) is 18.3 Å². The Labute approximate surface area is 106 Å². The van der Waals surface area contributed by atoms with Gasteiger partial charge < -0.3 is 10.5 Å². The number of aromatic nitrogens is 1. The number of nitrogen functional groups attached to an aromatic ring is 1. The van der Waals surface area contributed by atoms with Crippen molar-refractivity contribution in [1.82, 2.24) is 9.29 Å². The van der Waals surface area contributed by atoms with Crippen molar-refractivity contribution in [1.29, 1.82) is 0 Å². The number of fused-ring (bicyclic) bond motifs is 2. The van der Waals surface area contributed by atoms with Gasteiger partial charge in [0, 0.05) is 19.3 Å². The number of nitrogens with zero attached hydrogens (tertiary/aromatic N) is 2. The molecule has 2 atom stereocenters. The summed E-state index contributed by atoms with van der Waals surface area (Å²) in [5.41, 5.74) is 5.65. The standard InChI is InChI=1S/C11H15N3O3S/c12-11-10(2-1-5-13-11)18(15,16)14-6-8-3-4-9(7-14)17-8/h1-2,5,8-9H,3-4,6-7H2,(H2,12,13). The number of morpholine rings is 1. The van der Waals surface area contributed by atoms with Gasteiger partial charge in [-0.1, -0.05) is 0 Å². The molecule has 1 aromatic heterocycles. The molecule has 18 heavy (non-hydrogen) atoms. The van der Waals surface area contributed by atoms with Gasteiger partial charge in [-0.05, 0) is 25.0 Å². The number of sulfonamides is 1. The van der Waals surface area contributed by atoms with Crippen molar-refractivity contribution in [2.75, 3.05) is 18.8 Å². The maximum Gasteiger partial charge on any atom is 0.246 e. The lowest BCUT2D eigenvalue weighted by molar-refractivity contribution is -0.0114. The van der Waals surface area contributed by atoms with Gasteiger partial charge in [0.25, 0.3) is 0 Å². The summed E-state index contributed by atoms with van der Waals surface area (Å²) in [7, 11) is -3.55. The number of anilines is 1. The molecule has 0 saturated carbocycles. The molecular formula is C11H15N3O3S. The van der Waals surface area contributed by atoms with E-state index in [4.69, 9.17) is 10.5 Å². The third-order valence-electron chi connectivity index (χ3n) is 3.43. The Hall–Kier alpha value is -1.18. The summed E-state index contributed by atoms with van der Waals surface area (Å²) in [4.78, 5) is 3.92. The highest BCUT2D eigenvalue weighted by Crippen LogP contribution is 2.30. The van der Waals surface area contributed by atoms with Crippen LogP contribution in [-0.4, -0.2) is 43.0 Å². The molecule has 0 radical (unpaired) electrons. The van der Waals surface area contributed by atoms with Gasteiger partial charge in [0.2, 0.25) is 10.0 Å². The van der Waals surface area contributed by atoms with E-state index in [1.54, 1.807) is 6.07 Å². The predicted molar refractivity (Wildman–Crippen MR) is 65.3 cm³/mol. The van der Waals surface area contributed by atoms with Crippen LogP contribution in [0.2, 0.25) is 0 Å². The Balaban J connectivity index is 1.94. The number of ether oxygens (including phenoxy) is 1. The Bertz CT molecular complexity index is 548. The zero-order chi connectivity index (χ0) is 12.8. The van der Waals surface area contributed by atoms with Crippen LogP contribution >= 0.6 is 0 Å². The average Bonchev–Trinajstić information content (AvgIpc) is 2.68. The zero-order valence-corrected chi connectivity index (χ0v) is 10.6. The van der Waals surface area contributed by atoms with E-state index in [0.717, 1.165) is 12.8 Å². The van der Waals surface area contributed by atoms with Crippen molar-refractivity contribution >= 4 is 15.8 Å². The van der Waals surface area contributed by atoms with Crippen LogP contribution < -0.4 is 5.73 Å². The largest absolute Gasteiger partial charge is 0.383 e. The molecule has 2 N–H and O–H groups in total. The number of rotatable bonds is 2. The van der Waals surface area contributed by atoms with Gasteiger partial charge in [-0.25, -0.2) is 13.4 Å². The van der Waals surface area contributed by atoms with Crippen LogP contribution in [0, 0.1) is 0 Å². The first-order valence-electron chi connectivity index (χ1n) is 5.93. The number of hydrogen-bond acceptors (Lipinski definition) is 5. The minimum Gasteiger partial charge on any atom is -0.383 e. The molecule has 2 aliphatic rings. The lowest BCUT2D eigenvalue weighted by atomic mass is 10.2. The minimum atomic E-state index is -3.55.